The molecule has 1 aliphatic heterocycles. The van der Waals surface area contributed by atoms with Crippen LogP contribution in [0.1, 0.15) is 15.2 Å². The molecule has 0 amide bonds. The zero-order chi connectivity index (χ0) is 12.5. The summed E-state index contributed by atoms with van der Waals surface area (Å²) in [5.74, 6) is 1.08. The van der Waals surface area contributed by atoms with Crippen molar-refractivity contribution in [2.75, 3.05) is 13.2 Å². The van der Waals surface area contributed by atoms with Gasteiger partial charge in [-0.15, -0.1) is 11.3 Å². The second-order valence-corrected chi connectivity index (χ2v) is 5.14. The van der Waals surface area contributed by atoms with E-state index in [1.54, 1.807) is 18.2 Å². The molecular weight excluding hydrogens is 272 g/mol. The molecule has 0 fully saturated rings. The highest BCUT2D eigenvalue weighted by atomic mass is 35.5. The maximum atomic E-state index is 12.2. The van der Waals surface area contributed by atoms with Crippen LogP contribution in [0.2, 0.25) is 5.02 Å². The van der Waals surface area contributed by atoms with Crippen molar-refractivity contribution in [1.29, 1.82) is 0 Å². The Kier molecular flexibility index (Phi) is 2.97. The van der Waals surface area contributed by atoms with Gasteiger partial charge in [0, 0.05) is 11.6 Å². The van der Waals surface area contributed by atoms with Gasteiger partial charge in [-0.2, -0.15) is 0 Å². The molecule has 0 unspecified atom stereocenters. The first-order valence-electron chi connectivity index (χ1n) is 5.43. The van der Waals surface area contributed by atoms with E-state index in [1.165, 1.54) is 11.3 Å². The first kappa shape index (κ1) is 11.6. The minimum Gasteiger partial charge on any atom is -0.486 e. The summed E-state index contributed by atoms with van der Waals surface area (Å²) in [5, 5.41) is 2.25. The van der Waals surface area contributed by atoms with Gasteiger partial charge in [-0.1, -0.05) is 17.7 Å². The molecule has 5 heteroatoms. The summed E-state index contributed by atoms with van der Waals surface area (Å²) in [4.78, 5) is 12.9. The lowest BCUT2D eigenvalue weighted by Crippen LogP contribution is -2.16. The quantitative estimate of drug-likeness (QED) is 0.791. The molecule has 0 bridgehead atoms. The number of ether oxygens (including phenoxy) is 2. The second-order valence-electron chi connectivity index (χ2n) is 3.78. The number of benzene rings is 1. The van der Waals surface area contributed by atoms with E-state index in [1.807, 2.05) is 11.4 Å². The summed E-state index contributed by atoms with van der Waals surface area (Å²) < 4.78 is 10.9. The van der Waals surface area contributed by atoms with Crippen LogP contribution < -0.4 is 9.47 Å². The van der Waals surface area contributed by atoms with Crippen LogP contribution in [0.4, 0.5) is 0 Å². The molecule has 2 heterocycles. The lowest BCUT2D eigenvalue weighted by molar-refractivity contribution is 0.104. The van der Waals surface area contributed by atoms with Gasteiger partial charge in [0.15, 0.2) is 11.5 Å². The molecule has 3 nitrogen and oxygen atoms in total. The fourth-order valence-electron chi connectivity index (χ4n) is 1.78. The van der Waals surface area contributed by atoms with Crippen LogP contribution in [-0.4, -0.2) is 19.0 Å². The van der Waals surface area contributed by atoms with E-state index < -0.39 is 0 Å². The Balaban J connectivity index is 2.04. The van der Waals surface area contributed by atoms with Gasteiger partial charge in [-0.05, 0) is 17.5 Å². The van der Waals surface area contributed by atoms with Crippen molar-refractivity contribution in [3.63, 3.8) is 0 Å². The first-order chi connectivity index (χ1) is 8.75. The Morgan fingerprint density at radius 1 is 1.22 bits per heavy atom. The molecule has 0 radical (unpaired) electrons. The predicted molar refractivity (Wildman–Crippen MR) is 70.2 cm³/mol. The van der Waals surface area contributed by atoms with Gasteiger partial charge in [0.2, 0.25) is 5.78 Å². The highest BCUT2D eigenvalue weighted by molar-refractivity contribution is 7.12. The number of hydrogen-bond donors (Lipinski definition) is 0. The Labute approximate surface area is 113 Å². The fraction of sp³-hybridized carbons (Fsp3) is 0.154. The molecule has 0 saturated carbocycles. The van der Waals surface area contributed by atoms with Crippen LogP contribution in [0.15, 0.2) is 29.6 Å². The van der Waals surface area contributed by atoms with Crippen LogP contribution in [0.25, 0.3) is 0 Å². The molecule has 3 rings (SSSR count). The average Bonchev–Trinajstić information content (AvgIpc) is 2.91. The van der Waals surface area contributed by atoms with E-state index in [2.05, 4.69) is 0 Å². The number of halogens is 1. The number of fused-ring (bicyclic) bond motifs is 1. The summed E-state index contributed by atoms with van der Waals surface area (Å²) in [6.45, 7) is 0.989. The van der Waals surface area contributed by atoms with Crippen molar-refractivity contribution in [2.45, 2.75) is 0 Å². The smallest absolute Gasteiger partial charge is 0.204 e. The van der Waals surface area contributed by atoms with Crippen molar-refractivity contribution >= 4 is 28.7 Å². The lowest BCUT2D eigenvalue weighted by Gasteiger charge is -2.19. The van der Waals surface area contributed by atoms with Gasteiger partial charge in [-0.25, -0.2) is 0 Å². The monoisotopic (exact) mass is 280 g/mol. The molecule has 0 atom stereocenters. The molecule has 92 valence electrons. The Bertz CT molecular complexity index is 593. The van der Waals surface area contributed by atoms with Crippen molar-refractivity contribution in [3.8, 4) is 11.5 Å². The van der Waals surface area contributed by atoms with Crippen molar-refractivity contribution in [3.05, 3.63) is 45.1 Å². The fourth-order valence-corrected chi connectivity index (χ4v) is 2.70. The Hall–Kier alpha value is -1.52. The molecule has 18 heavy (non-hydrogen) atoms. The Morgan fingerprint density at radius 2 is 1.94 bits per heavy atom. The highest BCUT2D eigenvalue weighted by Crippen LogP contribution is 2.36. The van der Waals surface area contributed by atoms with Gasteiger partial charge in [0.05, 0.1) is 9.90 Å². The average molecular weight is 281 g/mol. The first-order valence-corrected chi connectivity index (χ1v) is 6.69. The maximum Gasteiger partial charge on any atom is 0.204 e. The van der Waals surface area contributed by atoms with Crippen LogP contribution in [-0.2, 0) is 0 Å². The zero-order valence-corrected chi connectivity index (χ0v) is 10.9. The number of ketones is 1. The summed E-state index contributed by atoms with van der Waals surface area (Å²) in [6.07, 6.45) is 0. The van der Waals surface area contributed by atoms with Gasteiger partial charge >= 0.3 is 0 Å². The molecular formula is C13H9ClO3S. The summed E-state index contributed by atoms with van der Waals surface area (Å²) in [5.41, 5.74) is 0.448. The summed E-state index contributed by atoms with van der Waals surface area (Å²) >= 11 is 7.51. The van der Waals surface area contributed by atoms with E-state index in [9.17, 15) is 4.79 Å². The molecule has 1 aromatic carbocycles. The van der Waals surface area contributed by atoms with E-state index in [0.717, 1.165) is 0 Å². The number of carbonyl (C=O) groups is 1. The topological polar surface area (TPSA) is 35.5 Å². The van der Waals surface area contributed by atoms with E-state index in [0.29, 0.717) is 40.2 Å². The van der Waals surface area contributed by atoms with Crippen molar-refractivity contribution in [2.24, 2.45) is 0 Å². The van der Waals surface area contributed by atoms with Gasteiger partial charge in [-0.3, -0.25) is 4.79 Å². The zero-order valence-electron chi connectivity index (χ0n) is 9.31. The lowest BCUT2D eigenvalue weighted by atomic mass is 10.1. The predicted octanol–water partition coefficient (Wildman–Crippen LogP) is 3.40. The molecule has 0 N–H and O–H groups in total. The molecule has 0 spiro atoms. The number of hydrogen-bond acceptors (Lipinski definition) is 4. The molecule has 1 aliphatic rings. The van der Waals surface area contributed by atoms with Gasteiger partial charge in [0.25, 0.3) is 0 Å². The number of rotatable bonds is 2. The molecule has 0 saturated heterocycles. The van der Waals surface area contributed by atoms with Gasteiger partial charge in [0.1, 0.15) is 13.2 Å². The SMILES string of the molecule is O=C(c1cccs1)c1cc2c(cc1Cl)OCCO2. The van der Waals surface area contributed by atoms with Crippen molar-refractivity contribution in [1.82, 2.24) is 0 Å². The summed E-state index contributed by atoms with van der Waals surface area (Å²) in [6, 6.07) is 6.90. The third-order valence-corrected chi connectivity index (χ3v) is 3.80. The van der Waals surface area contributed by atoms with Crippen LogP contribution in [0.5, 0.6) is 11.5 Å². The second kappa shape index (κ2) is 4.63. The Morgan fingerprint density at radius 3 is 2.61 bits per heavy atom. The summed E-state index contributed by atoms with van der Waals surface area (Å²) in [7, 11) is 0. The normalized spacial score (nSPS) is 13.4. The largest absolute Gasteiger partial charge is 0.486 e. The third kappa shape index (κ3) is 1.98. The molecule has 2 aromatic rings. The van der Waals surface area contributed by atoms with Crippen LogP contribution in [0, 0.1) is 0 Å². The molecule has 0 aliphatic carbocycles. The van der Waals surface area contributed by atoms with Gasteiger partial charge < -0.3 is 9.47 Å². The standard InChI is InChI=1S/C13H9ClO3S/c14-9-7-11-10(16-3-4-17-11)6-8(9)13(15)12-2-1-5-18-12/h1-2,5-7H,3-4H2. The van der Waals surface area contributed by atoms with E-state index in [4.69, 9.17) is 21.1 Å². The molecule has 1 aromatic heterocycles. The minimum atomic E-state index is -0.0908. The highest BCUT2D eigenvalue weighted by Gasteiger charge is 2.20. The van der Waals surface area contributed by atoms with E-state index >= 15 is 0 Å². The van der Waals surface area contributed by atoms with Crippen LogP contribution >= 0.6 is 22.9 Å². The minimum absolute atomic E-state index is 0.0908. The van der Waals surface area contributed by atoms with E-state index in [-0.39, 0.29) is 5.78 Å². The van der Waals surface area contributed by atoms with Crippen molar-refractivity contribution < 1.29 is 14.3 Å². The maximum absolute atomic E-state index is 12.2. The van der Waals surface area contributed by atoms with Crippen LogP contribution in [0.3, 0.4) is 0 Å². The third-order valence-electron chi connectivity index (χ3n) is 2.62. The number of carbonyl (C=O) groups excluding carboxylic acids is 1. The number of thiophene rings is 1.